The highest BCUT2D eigenvalue weighted by atomic mass is 16.3. The van der Waals surface area contributed by atoms with Gasteiger partial charge in [0.25, 0.3) is 0 Å². The second kappa shape index (κ2) is 5.50. The maximum absolute atomic E-state index is 9.06. The zero-order valence-corrected chi connectivity index (χ0v) is 11.8. The molecule has 3 aliphatic carbocycles. The molecule has 104 valence electrons. The molecule has 2 nitrogen and oxygen atoms in total. The van der Waals surface area contributed by atoms with E-state index in [9.17, 15) is 0 Å². The number of hydrogen-bond acceptors (Lipinski definition) is 2. The summed E-state index contributed by atoms with van der Waals surface area (Å²) in [4.78, 5) is 0. The maximum Gasteiger partial charge on any atom is 0.0434 e. The molecule has 0 heterocycles. The average molecular weight is 251 g/mol. The van der Waals surface area contributed by atoms with E-state index in [1.807, 2.05) is 0 Å². The highest BCUT2D eigenvalue weighted by Gasteiger charge is 2.53. The summed E-state index contributed by atoms with van der Waals surface area (Å²) >= 11 is 0. The Balaban J connectivity index is 1.50. The van der Waals surface area contributed by atoms with Crippen LogP contribution in [0.5, 0.6) is 0 Å². The van der Waals surface area contributed by atoms with Gasteiger partial charge in [-0.1, -0.05) is 19.8 Å². The van der Waals surface area contributed by atoms with Crippen molar-refractivity contribution in [3.05, 3.63) is 0 Å². The topological polar surface area (TPSA) is 32.3 Å². The van der Waals surface area contributed by atoms with Crippen LogP contribution in [0.3, 0.4) is 0 Å². The summed E-state index contributed by atoms with van der Waals surface area (Å²) in [6.45, 7) is 3.72. The van der Waals surface area contributed by atoms with Gasteiger partial charge in [-0.2, -0.15) is 0 Å². The minimum absolute atomic E-state index is 0.349. The molecule has 2 bridgehead atoms. The van der Waals surface area contributed by atoms with Gasteiger partial charge in [0, 0.05) is 12.6 Å². The fourth-order valence-electron chi connectivity index (χ4n) is 5.25. The van der Waals surface area contributed by atoms with E-state index in [-0.39, 0.29) is 0 Å². The molecule has 3 rings (SSSR count). The summed E-state index contributed by atoms with van der Waals surface area (Å²) in [5.41, 5.74) is 0. The Morgan fingerprint density at radius 2 is 2.00 bits per heavy atom. The Morgan fingerprint density at radius 3 is 2.78 bits per heavy atom. The lowest BCUT2D eigenvalue weighted by molar-refractivity contribution is 0.195. The van der Waals surface area contributed by atoms with Gasteiger partial charge in [-0.3, -0.25) is 0 Å². The molecule has 18 heavy (non-hydrogen) atoms. The van der Waals surface area contributed by atoms with Gasteiger partial charge in [0.15, 0.2) is 0 Å². The lowest BCUT2D eigenvalue weighted by Gasteiger charge is -2.33. The summed E-state index contributed by atoms with van der Waals surface area (Å²) in [5.74, 6) is 4.90. The van der Waals surface area contributed by atoms with Gasteiger partial charge < -0.3 is 10.4 Å². The van der Waals surface area contributed by atoms with Crippen molar-refractivity contribution in [3.63, 3.8) is 0 Å². The molecule has 0 aromatic heterocycles. The van der Waals surface area contributed by atoms with Crippen molar-refractivity contribution in [2.24, 2.45) is 29.6 Å². The first-order valence-electron chi connectivity index (χ1n) is 8.17. The quantitative estimate of drug-likeness (QED) is 0.761. The van der Waals surface area contributed by atoms with Crippen LogP contribution in [0.15, 0.2) is 0 Å². The largest absolute Gasteiger partial charge is 0.396 e. The maximum atomic E-state index is 9.06. The van der Waals surface area contributed by atoms with Crippen LogP contribution in [-0.2, 0) is 0 Å². The molecular weight excluding hydrogens is 222 g/mol. The first kappa shape index (κ1) is 12.9. The predicted octanol–water partition coefficient (Wildman–Crippen LogP) is 2.81. The highest BCUT2D eigenvalue weighted by molar-refractivity contribution is 5.05. The van der Waals surface area contributed by atoms with Crippen LogP contribution >= 0.6 is 0 Å². The van der Waals surface area contributed by atoms with Crippen molar-refractivity contribution in [2.45, 2.75) is 57.9 Å². The molecule has 0 amide bonds. The second-order valence-electron chi connectivity index (χ2n) is 6.96. The van der Waals surface area contributed by atoms with Gasteiger partial charge in [0.05, 0.1) is 0 Å². The molecule has 3 saturated carbocycles. The SMILES string of the molecule is CCC(CCO)CNC1CC2CC1C1CCCC21. The van der Waals surface area contributed by atoms with Gasteiger partial charge in [-0.05, 0) is 68.2 Å². The van der Waals surface area contributed by atoms with Crippen LogP contribution in [-0.4, -0.2) is 24.3 Å². The number of rotatable bonds is 6. The average Bonchev–Trinajstić information content (AvgIpc) is 3.05. The summed E-state index contributed by atoms with van der Waals surface area (Å²) < 4.78 is 0. The molecule has 2 N–H and O–H groups in total. The van der Waals surface area contributed by atoms with Gasteiger partial charge in [-0.25, -0.2) is 0 Å². The van der Waals surface area contributed by atoms with E-state index in [1.165, 1.54) is 38.5 Å². The molecule has 0 saturated heterocycles. The fourth-order valence-corrected chi connectivity index (χ4v) is 5.25. The lowest BCUT2D eigenvalue weighted by atomic mass is 9.79. The van der Waals surface area contributed by atoms with Crippen molar-refractivity contribution >= 4 is 0 Å². The van der Waals surface area contributed by atoms with Crippen LogP contribution in [0.2, 0.25) is 0 Å². The number of aliphatic hydroxyl groups is 1. The van der Waals surface area contributed by atoms with E-state index >= 15 is 0 Å². The number of hydrogen-bond donors (Lipinski definition) is 2. The number of fused-ring (bicyclic) bond motifs is 5. The van der Waals surface area contributed by atoms with Gasteiger partial charge in [-0.15, -0.1) is 0 Å². The normalized spacial score (nSPS) is 43.3. The van der Waals surface area contributed by atoms with Crippen LogP contribution in [0.4, 0.5) is 0 Å². The predicted molar refractivity (Wildman–Crippen MR) is 74.3 cm³/mol. The third kappa shape index (κ3) is 2.22. The Labute approximate surface area is 112 Å². The first-order valence-corrected chi connectivity index (χ1v) is 8.17. The van der Waals surface area contributed by atoms with Crippen LogP contribution in [0, 0.1) is 29.6 Å². The molecule has 0 aliphatic heterocycles. The molecule has 6 unspecified atom stereocenters. The van der Waals surface area contributed by atoms with Crippen molar-refractivity contribution in [3.8, 4) is 0 Å². The summed E-state index contributed by atoms with van der Waals surface area (Å²) in [7, 11) is 0. The van der Waals surface area contributed by atoms with Crippen LogP contribution in [0.1, 0.15) is 51.9 Å². The van der Waals surface area contributed by atoms with E-state index in [0.717, 1.165) is 42.7 Å². The number of nitrogens with one attached hydrogen (secondary N) is 1. The zero-order chi connectivity index (χ0) is 12.5. The van der Waals surface area contributed by atoms with Crippen molar-refractivity contribution in [2.75, 3.05) is 13.2 Å². The summed E-state index contributed by atoms with van der Waals surface area (Å²) in [6.07, 6.45) is 9.66. The first-order chi connectivity index (χ1) is 8.83. The zero-order valence-electron chi connectivity index (χ0n) is 11.8. The molecule has 3 aliphatic rings. The molecule has 0 aromatic carbocycles. The van der Waals surface area contributed by atoms with E-state index in [1.54, 1.807) is 0 Å². The third-order valence-electron chi connectivity index (χ3n) is 6.21. The van der Waals surface area contributed by atoms with Crippen LogP contribution in [0.25, 0.3) is 0 Å². The molecule has 3 fully saturated rings. The number of aliphatic hydroxyl groups excluding tert-OH is 1. The Kier molecular flexibility index (Phi) is 3.95. The smallest absolute Gasteiger partial charge is 0.0434 e. The molecule has 6 atom stereocenters. The minimum Gasteiger partial charge on any atom is -0.396 e. The van der Waals surface area contributed by atoms with E-state index in [2.05, 4.69) is 12.2 Å². The summed E-state index contributed by atoms with van der Waals surface area (Å²) in [6, 6.07) is 0.807. The molecule has 0 aromatic rings. The third-order valence-corrected chi connectivity index (χ3v) is 6.21. The van der Waals surface area contributed by atoms with Crippen molar-refractivity contribution < 1.29 is 5.11 Å². The fraction of sp³-hybridized carbons (Fsp3) is 1.00. The van der Waals surface area contributed by atoms with E-state index < -0.39 is 0 Å². The van der Waals surface area contributed by atoms with Crippen LogP contribution < -0.4 is 5.32 Å². The van der Waals surface area contributed by atoms with Gasteiger partial charge >= 0.3 is 0 Å². The Hall–Kier alpha value is -0.0800. The molecule has 2 heteroatoms. The Bertz CT molecular complexity index is 280. The monoisotopic (exact) mass is 251 g/mol. The minimum atomic E-state index is 0.349. The van der Waals surface area contributed by atoms with E-state index in [0.29, 0.717) is 12.5 Å². The van der Waals surface area contributed by atoms with Crippen molar-refractivity contribution in [1.82, 2.24) is 5.32 Å². The molecule has 0 radical (unpaired) electrons. The Morgan fingerprint density at radius 1 is 1.17 bits per heavy atom. The van der Waals surface area contributed by atoms with Gasteiger partial charge in [0.1, 0.15) is 0 Å². The molecule has 0 spiro atoms. The van der Waals surface area contributed by atoms with E-state index in [4.69, 9.17) is 5.11 Å². The molecular formula is C16H29NO. The second-order valence-corrected chi connectivity index (χ2v) is 6.96. The van der Waals surface area contributed by atoms with Crippen molar-refractivity contribution in [1.29, 1.82) is 0 Å². The summed E-state index contributed by atoms with van der Waals surface area (Å²) in [5, 5.41) is 12.9. The standard InChI is InChI=1S/C16H29NO/c1-2-11(6-7-18)10-17-16-9-12-8-15(16)14-5-3-4-13(12)14/h11-18H,2-10H2,1H3. The lowest BCUT2D eigenvalue weighted by Crippen LogP contribution is -2.41. The highest BCUT2D eigenvalue weighted by Crippen LogP contribution is 2.58. The van der Waals surface area contributed by atoms with Gasteiger partial charge in [0.2, 0.25) is 0 Å².